The van der Waals surface area contributed by atoms with Crippen molar-refractivity contribution in [3.05, 3.63) is 194 Å². The Morgan fingerprint density at radius 2 is 0.750 bits per heavy atom. The van der Waals surface area contributed by atoms with E-state index in [0.717, 1.165) is 0 Å². The van der Waals surface area contributed by atoms with Gasteiger partial charge in [0.25, 0.3) is 0 Å². The van der Waals surface area contributed by atoms with E-state index in [4.69, 9.17) is 0 Å². The average Bonchev–Trinajstić information content (AvgIpc) is 3.21. The maximum atomic E-state index is 2.47. The molecule has 0 saturated carbocycles. The van der Waals surface area contributed by atoms with Crippen molar-refractivity contribution in [2.24, 2.45) is 0 Å². The molecule has 240 valence electrons. The van der Waals surface area contributed by atoms with Crippen molar-refractivity contribution in [1.29, 1.82) is 0 Å². The predicted molar refractivity (Wildman–Crippen MR) is 225 cm³/mol. The van der Waals surface area contributed by atoms with Crippen molar-refractivity contribution in [2.45, 2.75) is 0 Å². The highest BCUT2D eigenvalue weighted by Gasteiger charge is 2.20. The highest BCUT2D eigenvalue weighted by atomic mass is 14.2. The topological polar surface area (TPSA) is 0 Å². The van der Waals surface area contributed by atoms with E-state index in [1.54, 1.807) is 0 Å². The molecule has 0 amide bonds. The first-order valence-corrected chi connectivity index (χ1v) is 18.1. The van der Waals surface area contributed by atoms with Gasteiger partial charge in [0.05, 0.1) is 0 Å². The molecule has 0 heteroatoms. The summed E-state index contributed by atoms with van der Waals surface area (Å²) >= 11 is 0. The number of rotatable bonds is 3. The zero-order chi connectivity index (χ0) is 34.2. The third-order valence-electron chi connectivity index (χ3n) is 11.2. The molecule has 0 aliphatic carbocycles. The van der Waals surface area contributed by atoms with Crippen molar-refractivity contribution < 1.29 is 0 Å². The minimum absolute atomic E-state index is 1.22. The van der Waals surface area contributed by atoms with Crippen LogP contribution in [0.15, 0.2) is 194 Å². The van der Waals surface area contributed by atoms with E-state index in [2.05, 4.69) is 194 Å². The molecular formula is C52H32. The summed E-state index contributed by atoms with van der Waals surface area (Å²) in [6.07, 6.45) is 0. The summed E-state index contributed by atoms with van der Waals surface area (Å²) in [7, 11) is 0. The first-order valence-electron chi connectivity index (χ1n) is 18.1. The molecule has 0 aliphatic heterocycles. The molecule has 0 bridgehead atoms. The first kappa shape index (κ1) is 29.0. The third kappa shape index (κ3) is 4.35. The van der Waals surface area contributed by atoms with Crippen LogP contribution in [0.1, 0.15) is 0 Å². The van der Waals surface area contributed by atoms with E-state index < -0.39 is 0 Å². The second kappa shape index (κ2) is 11.4. The maximum Gasteiger partial charge on any atom is -0.00201 e. The van der Waals surface area contributed by atoms with Crippen molar-refractivity contribution in [1.82, 2.24) is 0 Å². The zero-order valence-electron chi connectivity index (χ0n) is 28.5. The summed E-state index contributed by atoms with van der Waals surface area (Å²) in [5.74, 6) is 0. The van der Waals surface area contributed by atoms with Crippen LogP contribution in [0.5, 0.6) is 0 Å². The Hall–Kier alpha value is -6.76. The Bertz CT molecular complexity index is 3230. The fraction of sp³-hybridized carbons (Fsp3) is 0. The molecule has 11 aromatic carbocycles. The van der Waals surface area contributed by atoms with Crippen molar-refractivity contribution >= 4 is 75.4 Å². The molecule has 0 saturated heterocycles. The van der Waals surface area contributed by atoms with Gasteiger partial charge in [0.2, 0.25) is 0 Å². The summed E-state index contributed by atoms with van der Waals surface area (Å²) in [4.78, 5) is 0. The minimum Gasteiger partial charge on any atom is -0.0616 e. The molecule has 0 fully saturated rings. The van der Waals surface area contributed by atoms with Gasteiger partial charge in [-0.05, 0) is 127 Å². The van der Waals surface area contributed by atoms with Crippen LogP contribution in [-0.2, 0) is 0 Å². The molecule has 0 aliphatic rings. The fourth-order valence-electron chi connectivity index (χ4n) is 8.85. The SMILES string of the molecule is c1ccc2cc(-c3c4ccccc4c(-c4cccc5ccccc45)c4ccc(-c5cc6ccc7ccccc7c6c6ccccc56)cc34)ccc2c1. The Kier molecular flexibility index (Phi) is 6.35. The maximum absolute atomic E-state index is 2.47. The monoisotopic (exact) mass is 656 g/mol. The second-order valence-electron chi connectivity index (χ2n) is 14.0. The number of fused-ring (bicyclic) bond motifs is 9. The molecular weight excluding hydrogens is 625 g/mol. The van der Waals surface area contributed by atoms with Crippen molar-refractivity contribution in [3.63, 3.8) is 0 Å². The molecule has 11 aromatic rings. The molecule has 0 nitrogen and oxygen atoms in total. The highest BCUT2D eigenvalue weighted by Crippen LogP contribution is 2.47. The van der Waals surface area contributed by atoms with Crippen LogP contribution >= 0.6 is 0 Å². The lowest BCUT2D eigenvalue weighted by molar-refractivity contribution is 1.67. The molecule has 11 rings (SSSR count). The number of hydrogen-bond acceptors (Lipinski definition) is 0. The summed E-state index contributed by atoms with van der Waals surface area (Å²) in [6.45, 7) is 0. The first-order chi connectivity index (χ1) is 25.8. The molecule has 0 spiro atoms. The van der Waals surface area contributed by atoms with Gasteiger partial charge in [0, 0.05) is 0 Å². The standard InChI is InChI=1S/C52H32/c1-2-15-36-30-38(26-24-33(36)12-1)51-45-21-9-10-22-46(45)52(43-23-11-16-34-13-3-5-17-40(34)43)47-29-28-37(31-49(47)51)48-32-39-27-25-35-14-4-6-18-41(35)50(39)44-20-8-7-19-42(44)48/h1-32H. The van der Waals surface area contributed by atoms with Gasteiger partial charge < -0.3 is 0 Å². The van der Waals surface area contributed by atoms with Crippen LogP contribution in [-0.4, -0.2) is 0 Å². The quantitative estimate of drug-likeness (QED) is 0.131. The predicted octanol–water partition coefficient (Wildman–Crippen LogP) is 14.8. The van der Waals surface area contributed by atoms with E-state index >= 15 is 0 Å². The van der Waals surface area contributed by atoms with Gasteiger partial charge in [-0.1, -0.05) is 176 Å². The van der Waals surface area contributed by atoms with E-state index in [1.807, 2.05) is 0 Å². The van der Waals surface area contributed by atoms with E-state index in [1.165, 1.54) is 109 Å². The van der Waals surface area contributed by atoms with Crippen molar-refractivity contribution in [3.8, 4) is 33.4 Å². The van der Waals surface area contributed by atoms with Gasteiger partial charge in [0.15, 0.2) is 0 Å². The van der Waals surface area contributed by atoms with Crippen LogP contribution in [0.25, 0.3) is 109 Å². The van der Waals surface area contributed by atoms with E-state index in [-0.39, 0.29) is 0 Å². The summed E-state index contributed by atoms with van der Waals surface area (Å²) in [6, 6.07) is 72.0. The highest BCUT2D eigenvalue weighted by molar-refractivity contribution is 6.26. The molecule has 0 aromatic heterocycles. The summed E-state index contributed by atoms with van der Waals surface area (Å²) in [5, 5.41) is 17.8. The second-order valence-corrected chi connectivity index (χ2v) is 14.0. The van der Waals surface area contributed by atoms with Crippen LogP contribution in [0.3, 0.4) is 0 Å². The van der Waals surface area contributed by atoms with E-state index in [9.17, 15) is 0 Å². The van der Waals surface area contributed by atoms with Gasteiger partial charge >= 0.3 is 0 Å². The normalized spacial score (nSPS) is 11.8. The smallest absolute Gasteiger partial charge is 0.00201 e. The van der Waals surface area contributed by atoms with Crippen LogP contribution < -0.4 is 0 Å². The molecule has 0 N–H and O–H groups in total. The summed E-state index contributed by atoms with van der Waals surface area (Å²) < 4.78 is 0. The van der Waals surface area contributed by atoms with Gasteiger partial charge in [-0.2, -0.15) is 0 Å². The van der Waals surface area contributed by atoms with Crippen LogP contribution in [0, 0.1) is 0 Å². The Labute approximate surface area is 301 Å². The van der Waals surface area contributed by atoms with Gasteiger partial charge in [-0.3, -0.25) is 0 Å². The van der Waals surface area contributed by atoms with Gasteiger partial charge in [0.1, 0.15) is 0 Å². The lowest BCUT2D eigenvalue weighted by Gasteiger charge is -2.20. The Morgan fingerprint density at radius 1 is 0.212 bits per heavy atom. The summed E-state index contributed by atoms with van der Waals surface area (Å²) in [5.41, 5.74) is 7.53. The molecule has 0 heterocycles. The third-order valence-corrected chi connectivity index (χ3v) is 11.2. The lowest BCUT2D eigenvalue weighted by Crippen LogP contribution is -1.93. The van der Waals surface area contributed by atoms with Gasteiger partial charge in [-0.15, -0.1) is 0 Å². The zero-order valence-corrected chi connectivity index (χ0v) is 28.5. The molecule has 0 atom stereocenters. The fourth-order valence-corrected chi connectivity index (χ4v) is 8.85. The lowest BCUT2D eigenvalue weighted by atomic mass is 9.83. The number of hydrogen-bond donors (Lipinski definition) is 0. The molecule has 0 radical (unpaired) electrons. The molecule has 52 heavy (non-hydrogen) atoms. The van der Waals surface area contributed by atoms with Gasteiger partial charge in [-0.25, -0.2) is 0 Å². The van der Waals surface area contributed by atoms with Crippen LogP contribution in [0.2, 0.25) is 0 Å². The number of benzene rings is 11. The Morgan fingerprint density at radius 3 is 1.56 bits per heavy atom. The largest absolute Gasteiger partial charge is 0.0616 e. The minimum atomic E-state index is 1.22. The molecule has 0 unspecified atom stereocenters. The average molecular weight is 657 g/mol. The Balaban J connectivity index is 1.28. The van der Waals surface area contributed by atoms with E-state index in [0.29, 0.717) is 0 Å². The van der Waals surface area contributed by atoms with Crippen molar-refractivity contribution in [2.75, 3.05) is 0 Å². The van der Waals surface area contributed by atoms with Crippen LogP contribution in [0.4, 0.5) is 0 Å².